The molecule has 0 radical (unpaired) electrons. The molecule has 0 aromatic rings. The Balaban J connectivity index is 1.94. The lowest BCUT2D eigenvalue weighted by molar-refractivity contribution is -0.148. The number of ether oxygens (including phenoxy) is 1. The summed E-state index contributed by atoms with van der Waals surface area (Å²) in [5.74, 6) is 1.29. The second-order valence-electron chi connectivity index (χ2n) is 6.40. The monoisotopic (exact) mass is 267 g/mol. The third kappa shape index (κ3) is 4.20. The Morgan fingerprint density at radius 3 is 2.37 bits per heavy atom. The quantitative estimate of drug-likeness (QED) is 0.777. The van der Waals surface area contributed by atoms with Crippen LogP contribution in [-0.4, -0.2) is 24.7 Å². The van der Waals surface area contributed by atoms with Crippen molar-refractivity contribution in [2.24, 2.45) is 11.8 Å². The molecule has 2 rings (SSSR count). The number of carbonyl (C=O) groups is 1. The topological polar surface area (TPSA) is 38.3 Å². The van der Waals surface area contributed by atoms with Crippen LogP contribution in [0.5, 0.6) is 0 Å². The van der Waals surface area contributed by atoms with E-state index in [0.717, 1.165) is 5.92 Å². The van der Waals surface area contributed by atoms with Crippen molar-refractivity contribution >= 4 is 5.97 Å². The Morgan fingerprint density at radius 2 is 1.79 bits per heavy atom. The van der Waals surface area contributed by atoms with Crippen molar-refractivity contribution in [3.05, 3.63) is 0 Å². The summed E-state index contributed by atoms with van der Waals surface area (Å²) in [7, 11) is 0. The third-order valence-corrected chi connectivity index (χ3v) is 4.84. The van der Waals surface area contributed by atoms with Gasteiger partial charge in [0.2, 0.25) is 0 Å². The van der Waals surface area contributed by atoms with Crippen LogP contribution in [0.1, 0.15) is 65.2 Å². The highest BCUT2D eigenvalue weighted by Gasteiger charge is 2.34. The summed E-state index contributed by atoms with van der Waals surface area (Å²) in [4.78, 5) is 12.2. The maximum Gasteiger partial charge on any atom is 0.323 e. The van der Waals surface area contributed by atoms with Gasteiger partial charge in [0.15, 0.2) is 0 Å². The van der Waals surface area contributed by atoms with Gasteiger partial charge in [-0.15, -0.1) is 0 Å². The molecule has 1 unspecified atom stereocenters. The molecule has 1 N–H and O–H groups in total. The van der Waals surface area contributed by atoms with Crippen LogP contribution in [0.15, 0.2) is 0 Å². The van der Waals surface area contributed by atoms with E-state index in [0.29, 0.717) is 18.6 Å². The summed E-state index contributed by atoms with van der Waals surface area (Å²) < 4.78 is 5.29. The van der Waals surface area contributed by atoms with Crippen molar-refractivity contribution in [3.8, 4) is 0 Å². The fraction of sp³-hybridized carbons (Fsp3) is 0.938. The zero-order valence-corrected chi connectivity index (χ0v) is 12.5. The normalized spacial score (nSPS) is 30.2. The summed E-state index contributed by atoms with van der Waals surface area (Å²) in [6.45, 7) is 4.71. The van der Waals surface area contributed by atoms with Crippen LogP contribution in [0.25, 0.3) is 0 Å². The molecule has 0 aliphatic heterocycles. The van der Waals surface area contributed by atoms with E-state index in [1.54, 1.807) is 0 Å². The maximum absolute atomic E-state index is 12.2. The van der Waals surface area contributed by atoms with E-state index in [-0.39, 0.29) is 12.0 Å². The van der Waals surface area contributed by atoms with Gasteiger partial charge in [-0.3, -0.25) is 4.79 Å². The van der Waals surface area contributed by atoms with Crippen molar-refractivity contribution in [2.75, 3.05) is 6.61 Å². The molecular weight excluding hydrogens is 238 g/mol. The standard InChI is InChI=1S/C16H29NO2/c1-3-19-16(18)15(17-14-6-4-5-7-14)13-10-8-12(2)9-11-13/h12-15,17H,3-11H2,1-2H3. The van der Waals surface area contributed by atoms with Crippen LogP contribution in [0, 0.1) is 11.8 Å². The van der Waals surface area contributed by atoms with Gasteiger partial charge >= 0.3 is 5.97 Å². The zero-order chi connectivity index (χ0) is 13.7. The van der Waals surface area contributed by atoms with Crippen molar-refractivity contribution in [1.82, 2.24) is 5.32 Å². The SMILES string of the molecule is CCOC(=O)C(NC1CCCC1)C1CCC(C)CC1. The molecule has 2 fully saturated rings. The summed E-state index contributed by atoms with van der Waals surface area (Å²) in [5, 5.41) is 3.61. The molecule has 0 saturated heterocycles. The summed E-state index contributed by atoms with van der Waals surface area (Å²) in [5.41, 5.74) is 0. The van der Waals surface area contributed by atoms with Crippen molar-refractivity contribution in [2.45, 2.75) is 77.3 Å². The van der Waals surface area contributed by atoms with Gasteiger partial charge < -0.3 is 10.1 Å². The van der Waals surface area contributed by atoms with E-state index in [1.165, 1.54) is 51.4 Å². The molecule has 2 saturated carbocycles. The first kappa shape index (κ1) is 14.8. The van der Waals surface area contributed by atoms with Crippen LogP contribution in [-0.2, 0) is 9.53 Å². The van der Waals surface area contributed by atoms with E-state index < -0.39 is 0 Å². The predicted octanol–water partition coefficient (Wildman–Crippen LogP) is 3.28. The Morgan fingerprint density at radius 1 is 1.16 bits per heavy atom. The molecule has 110 valence electrons. The van der Waals surface area contributed by atoms with E-state index in [9.17, 15) is 4.79 Å². The molecular formula is C16H29NO2. The Labute approximate surface area is 117 Å². The number of hydrogen-bond donors (Lipinski definition) is 1. The largest absolute Gasteiger partial charge is 0.465 e. The number of rotatable bonds is 5. The van der Waals surface area contributed by atoms with Gasteiger partial charge in [0.1, 0.15) is 6.04 Å². The third-order valence-electron chi connectivity index (χ3n) is 4.84. The van der Waals surface area contributed by atoms with Crippen molar-refractivity contribution in [3.63, 3.8) is 0 Å². The van der Waals surface area contributed by atoms with Gasteiger partial charge in [-0.25, -0.2) is 0 Å². The first-order valence-electron chi connectivity index (χ1n) is 8.13. The molecule has 0 spiro atoms. The number of hydrogen-bond acceptors (Lipinski definition) is 3. The van der Waals surface area contributed by atoms with Crippen molar-refractivity contribution in [1.29, 1.82) is 0 Å². The molecule has 2 aliphatic carbocycles. The highest BCUT2D eigenvalue weighted by Crippen LogP contribution is 2.32. The molecule has 3 nitrogen and oxygen atoms in total. The fourth-order valence-corrected chi connectivity index (χ4v) is 3.59. The summed E-state index contributed by atoms with van der Waals surface area (Å²) >= 11 is 0. The number of nitrogens with one attached hydrogen (secondary N) is 1. The lowest BCUT2D eigenvalue weighted by atomic mass is 9.79. The van der Waals surface area contributed by atoms with Crippen LogP contribution >= 0.6 is 0 Å². The van der Waals surface area contributed by atoms with Gasteiger partial charge in [0.05, 0.1) is 6.61 Å². The molecule has 19 heavy (non-hydrogen) atoms. The molecule has 0 bridgehead atoms. The van der Waals surface area contributed by atoms with Crippen molar-refractivity contribution < 1.29 is 9.53 Å². The zero-order valence-electron chi connectivity index (χ0n) is 12.5. The van der Waals surface area contributed by atoms with Crippen LogP contribution in [0.3, 0.4) is 0 Å². The molecule has 1 atom stereocenters. The molecule has 2 aliphatic rings. The lowest BCUT2D eigenvalue weighted by Crippen LogP contribution is -2.48. The van der Waals surface area contributed by atoms with Crippen LogP contribution < -0.4 is 5.32 Å². The minimum Gasteiger partial charge on any atom is -0.465 e. The van der Waals surface area contributed by atoms with E-state index in [1.807, 2.05) is 6.92 Å². The first-order chi connectivity index (χ1) is 9.20. The number of carbonyl (C=O) groups excluding carboxylic acids is 1. The molecule has 0 amide bonds. The molecule has 0 heterocycles. The van der Waals surface area contributed by atoms with E-state index in [2.05, 4.69) is 12.2 Å². The second-order valence-corrected chi connectivity index (χ2v) is 6.40. The highest BCUT2D eigenvalue weighted by atomic mass is 16.5. The summed E-state index contributed by atoms with van der Waals surface area (Å²) in [6, 6.07) is 0.476. The Bertz CT molecular complexity index is 278. The van der Waals surface area contributed by atoms with E-state index >= 15 is 0 Å². The van der Waals surface area contributed by atoms with Gasteiger partial charge in [-0.2, -0.15) is 0 Å². The summed E-state index contributed by atoms with van der Waals surface area (Å²) in [6.07, 6.45) is 9.90. The van der Waals surface area contributed by atoms with E-state index in [4.69, 9.17) is 4.74 Å². The molecule has 3 heteroatoms. The Kier molecular flexibility index (Phi) is 5.68. The average Bonchev–Trinajstić information content (AvgIpc) is 2.90. The maximum atomic E-state index is 12.2. The smallest absolute Gasteiger partial charge is 0.323 e. The highest BCUT2D eigenvalue weighted by molar-refractivity contribution is 5.76. The molecule has 0 aromatic carbocycles. The van der Waals surface area contributed by atoms with Gasteiger partial charge in [0.25, 0.3) is 0 Å². The number of esters is 1. The van der Waals surface area contributed by atoms with Crippen LogP contribution in [0.2, 0.25) is 0 Å². The van der Waals surface area contributed by atoms with Gasteiger partial charge in [-0.05, 0) is 44.4 Å². The molecule has 0 aromatic heterocycles. The minimum absolute atomic E-state index is 0.0195. The van der Waals surface area contributed by atoms with Gasteiger partial charge in [-0.1, -0.05) is 32.6 Å². The second kappa shape index (κ2) is 7.28. The van der Waals surface area contributed by atoms with Gasteiger partial charge in [0, 0.05) is 6.04 Å². The average molecular weight is 267 g/mol. The minimum atomic E-state index is -0.0597. The van der Waals surface area contributed by atoms with Crippen LogP contribution in [0.4, 0.5) is 0 Å². The Hall–Kier alpha value is -0.570. The fourth-order valence-electron chi connectivity index (χ4n) is 3.59. The predicted molar refractivity (Wildman–Crippen MR) is 76.9 cm³/mol. The first-order valence-corrected chi connectivity index (χ1v) is 8.13. The lowest BCUT2D eigenvalue weighted by Gasteiger charge is -2.33.